The molecule has 90 valence electrons. The van der Waals surface area contributed by atoms with Crippen LogP contribution in [0, 0.1) is 5.41 Å². The van der Waals surface area contributed by atoms with Crippen molar-refractivity contribution in [3.8, 4) is 0 Å². The van der Waals surface area contributed by atoms with Gasteiger partial charge in [0.1, 0.15) is 0 Å². The molecule has 3 heteroatoms. The Labute approximate surface area is 102 Å². The van der Waals surface area contributed by atoms with Crippen molar-refractivity contribution in [1.82, 2.24) is 10.3 Å². The number of hydrogen-bond acceptors (Lipinski definition) is 3. The summed E-state index contributed by atoms with van der Waals surface area (Å²) in [5, 5.41) is 3.65. The van der Waals surface area contributed by atoms with Crippen LogP contribution in [-0.2, 0) is 6.42 Å². The largest absolute Gasteiger partial charge is 0.314 e. The standard InChI is InChI=1S/C13H22N2S/c1-3-6-15-11-4-5-13(2,7-11)8-12-9-14-10-16-12/h9-11,15H,3-8H2,1-2H3. The van der Waals surface area contributed by atoms with Gasteiger partial charge < -0.3 is 5.32 Å². The number of nitrogens with zero attached hydrogens (tertiary/aromatic N) is 1. The highest BCUT2D eigenvalue weighted by Crippen LogP contribution is 2.41. The van der Waals surface area contributed by atoms with E-state index in [1.807, 2.05) is 11.7 Å². The lowest BCUT2D eigenvalue weighted by Gasteiger charge is -2.23. The van der Waals surface area contributed by atoms with Crippen molar-refractivity contribution in [2.75, 3.05) is 6.54 Å². The molecule has 1 aromatic rings. The molecule has 1 fully saturated rings. The molecule has 1 aliphatic carbocycles. The predicted molar refractivity (Wildman–Crippen MR) is 69.9 cm³/mol. The van der Waals surface area contributed by atoms with E-state index >= 15 is 0 Å². The van der Waals surface area contributed by atoms with Crippen LogP contribution in [-0.4, -0.2) is 17.6 Å². The molecule has 0 bridgehead atoms. The van der Waals surface area contributed by atoms with Gasteiger partial charge in [0.15, 0.2) is 0 Å². The topological polar surface area (TPSA) is 24.9 Å². The summed E-state index contributed by atoms with van der Waals surface area (Å²) in [6.45, 7) is 5.83. The molecular formula is C13H22N2S. The lowest BCUT2D eigenvalue weighted by Crippen LogP contribution is -2.28. The van der Waals surface area contributed by atoms with E-state index in [0.717, 1.165) is 6.04 Å². The van der Waals surface area contributed by atoms with E-state index < -0.39 is 0 Å². The van der Waals surface area contributed by atoms with E-state index in [4.69, 9.17) is 0 Å². The van der Waals surface area contributed by atoms with Crippen molar-refractivity contribution >= 4 is 11.3 Å². The van der Waals surface area contributed by atoms with Crippen LogP contribution in [0.2, 0.25) is 0 Å². The molecule has 0 amide bonds. The first-order valence-electron chi connectivity index (χ1n) is 6.32. The molecule has 1 aliphatic rings. The van der Waals surface area contributed by atoms with Crippen LogP contribution in [0.15, 0.2) is 11.7 Å². The number of aromatic nitrogens is 1. The van der Waals surface area contributed by atoms with Crippen LogP contribution in [0.1, 0.15) is 44.4 Å². The Hall–Kier alpha value is -0.410. The second kappa shape index (κ2) is 5.28. The summed E-state index contributed by atoms with van der Waals surface area (Å²) in [6, 6.07) is 0.748. The van der Waals surface area contributed by atoms with Gasteiger partial charge in [-0.3, -0.25) is 4.98 Å². The molecule has 1 N–H and O–H groups in total. The molecule has 1 aromatic heterocycles. The van der Waals surface area contributed by atoms with Gasteiger partial charge in [0.25, 0.3) is 0 Å². The Morgan fingerprint density at radius 1 is 1.62 bits per heavy atom. The van der Waals surface area contributed by atoms with E-state index in [1.165, 1.54) is 43.5 Å². The molecule has 1 saturated carbocycles. The fourth-order valence-electron chi connectivity index (χ4n) is 2.75. The molecule has 16 heavy (non-hydrogen) atoms. The van der Waals surface area contributed by atoms with Crippen molar-refractivity contribution in [2.45, 2.75) is 52.0 Å². The summed E-state index contributed by atoms with van der Waals surface area (Å²) in [6.07, 6.45) is 8.50. The van der Waals surface area contributed by atoms with E-state index in [1.54, 1.807) is 11.3 Å². The first-order valence-corrected chi connectivity index (χ1v) is 7.20. The Kier molecular flexibility index (Phi) is 3.98. The molecular weight excluding hydrogens is 216 g/mol. The van der Waals surface area contributed by atoms with Gasteiger partial charge in [-0.1, -0.05) is 13.8 Å². The lowest BCUT2D eigenvalue weighted by molar-refractivity contribution is 0.324. The quantitative estimate of drug-likeness (QED) is 0.852. The summed E-state index contributed by atoms with van der Waals surface area (Å²) >= 11 is 1.80. The van der Waals surface area contributed by atoms with Crippen LogP contribution < -0.4 is 5.32 Å². The first kappa shape index (κ1) is 12.1. The maximum absolute atomic E-state index is 4.17. The fraction of sp³-hybridized carbons (Fsp3) is 0.769. The third-order valence-electron chi connectivity index (χ3n) is 3.60. The van der Waals surface area contributed by atoms with E-state index in [-0.39, 0.29) is 0 Å². The summed E-state index contributed by atoms with van der Waals surface area (Å²) in [5.74, 6) is 0. The van der Waals surface area contributed by atoms with Crippen molar-refractivity contribution in [2.24, 2.45) is 5.41 Å². The van der Waals surface area contributed by atoms with Gasteiger partial charge in [0.2, 0.25) is 0 Å². The molecule has 2 unspecified atom stereocenters. The number of nitrogens with one attached hydrogen (secondary N) is 1. The van der Waals surface area contributed by atoms with Gasteiger partial charge in [-0.2, -0.15) is 0 Å². The summed E-state index contributed by atoms with van der Waals surface area (Å²) in [7, 11) is 0. The Morgan fingerprint density at radius 2 is 2.50 bits per heavy atom. The number of hydrogen-bond donors (Lipinski definition) is 1. The third-order valence-corrected chi connectivity index (χ3v) is 4.38. The van der Waals surface area contributed by atoms with Crippen molar-refractivity contribution in [3.05, 3.63) is 16.6 Å². The smallest absolute Gasteiger partial charge is 0.0794 e. The average molecular weight is 238 g/mol. The highest BCUT2D eigenvalue weighted by molar-refractivity contribution is 7.09. The molecule has 0 aliphatic heterocycles. The summed E-state index contributed by atoms with van der Waals surface area (Å²) < 4.78 is 0. The van der Waals surface area contributed by atoms with Crippen molar-refractivity contribution < 1.29 is 0 Å². The zero-order valence-corrected chi connectivity index (χ0v) is 11.1. The zero-order valence-electron chi connectivity index (χ0n) is 10.3. The second-order valence-electron chi connectivity index (χ2n) is 5.35. The third kappa shape index (κ3) is 3.05. The molecule has 2 rings (SSSR count). The minimum absolute atomic E-state index is 0.498. The van der Waals surface area contributed by atoms with E-state index in [2.05, 4.69) is 24.1 Å². The highest BCUT2D eigenvalue weighted by Gasteiger charge is 2.34. The maximum atomic E-state index is 4.17. The molecule has 0 spiro atoms. The van der Waals surface area contributed by atoms with Gasteiger partial charge in [-0.25, -0.2) is 0 Å². The average Bonchev–Trinajstić information content (AvgIpc) is 2.86. The lowest BCUT2D eigenvalue weighted by atomic mass is 9.84. The monoisotopic (exact) mass is 238 g/mol. The van der Waals surface area contributed by atoms with Gasteiger partial charge in [-0.05, 0) is 44.1 Å². The van der Waals surface area contributed by atoms with Gasteiger partial charge in [0.05, 0.1) is 5.51 Å². The molecule has 2 nitrogen and oxygen atoms in total. The van der Waals surface area contributed by atoms with Crippen LogP contribution in [0.3, 0.4) is 0 Å². The summed E-state index contributed by atoms with van der Waals surface area (Å²) in [4.78, 5) is 5.61. The van der Waals surface area contributed by atoms with Crippen LogP contribution >= 0.6 is 11.3 Å². The van der Waals surface area contributed by atoms with Gasteiger partial charge >= 0.3 is 0 Å². The molecule has 0 aromatic carbocycles. The van der Waals surface area contributed by atoms with Crippen LogP contribution in [0.4, 0.5) is 0 Å². The predicted octanol–water partition coefficient (Wildman–Crippen LogP) is 3.24. The van der Waals surface area contributed by atoms with E-state index in [9.17, 15) is 0 Å². The maximum Gasteiger partial charge on any atom is 0.0794 e. The number of thiazole rings is 1. The van der Waals surface area contributed by atoms with Crippen LogP contribution in [0.5, 0.6) is 0 Å². The van der Waals surface area contributed by atoms with Crippen molar-refractivity contribution in [3.63, 3.8) is 0 Å². The fourth-order valence-corrected chi connectivity index (χ4v) is 3.57. The normalized spacial score (nSPS) is 29.8. The second-order valence-corrected chi connectivity index (χ2v) is 6.32. The Balaban J connectivity index is 1.85. The van der Waals surface area contributed by atoms with Crippen molar-refractivity contribution in [1.29, 1.82) is 0 Å². The highest BCUT2D eigenvalue weighted by atomic mass is 32.1. The first-order chi connectivity index (χ1) is 7.72. The SMILES string of the molecule is CCCNC1CCC(C)(Cc2cncs2)C1. The molecule has 1 heterocycles. The number of rotatable bonds is 5. The van der Waals surface area contributed by atoms with Gasteiger partial charge in [0, 0.05) is 17.1 Å². The van der Waals surface area contributed by atoms with Gasteiger partial charge in [-0.15, -0.1) is 11.3 Å². The molecule has 0 saturated heterocycles. The summed E-state index contributed by atoms with van der Waals surface area (Å²) in [5.41, 5.74) is 2.44. The molecule has 2 atom stereocenters. The minimum Gasteiger partial charge on any atom is -0.314 e. The minimum atomic E-state index is 0.498. The van der Waals surface area contributed by atoms with Crippen LogP contribution in [0.25, 0.3) is 0 Å². The molecule has 0 radical (unpaired) electrons. The zero-order chi connectivity index (χ0) is 11.4. The Morgan fingerprint density at radius 3 is 3.19 bits per heavy atom. The van der Waals surface area contributed by atoms with E-state index in [0.29, 0.717) is 5.41 Å². The Bertz CT molecular complexity index is 310.